The predicted octanol–water partition coefficient (Wildman–Crippen LogP) is 5.28. The lowest BCUT2D eigenvalue weighted by molar-refractivity contribution is 0.980. The van der Waals surface area contributed by atoms with Crippen LogP contribution in [-0.4, -0.2) is 14.5 Å². The highest BCUT2D eigenvalue weighted by molar-refractivity contribution is 7.13. The number of thiophene rings is 1. The van der Waals surface area contributed by atoms with Crippen LogP contribution in [0, 0.1) is 43.4 Å². The number of benzene rings is 1. The van der Waals surface area contributed by atoms with Crippen LogP contribution in [0.15, 0.2) is 35.7 Å². The standard InChI is InChI=1S/C22H17N5S/c1-13-12-28-22(18(13)11-24)27-14(2)8-16(15(27)3)9-17(10-23)21-25-19-6-4-5-7-20(19)26-21/h4-9,12H,1-3H3,(H,25,26)/b17-9+. The minimum atomic E-state index is 0.472. The van der Waals surface area contributed by atoms with Crippen LogP contribution < -0.4 is 0 Å². The van der Waals surface area contributed by atoms with Gasteiger partial charge in [-0.3, -0.25) is 0 Å². The molecule has 0 saturated carbocycles. The molecule has 3 heterocycles. The maximum absolute atomic E-state index is 9.71. The molecule has 0 aliphatic heterocycles. The molecule has 136 valence electrons. The molecule has 0 aliphatic rings. The molecule has 1 aromatic carbocycles. The van der Waals surface area contributed by atoms with Gasteiger partial charge in [-0.1, -0.05) is 12.1 Å². The van der Waals surface area contributed by atoms with E-state index >= 15 is 0 Å². The number of aromatic amines is 1. The Morgan fingerprint density at radius 1 is 1.21 bits per heavy atom. The number of rotatable bonds is 3. The Balaban J connectivity index is 1.83. The Labute approximate surface area is 166 Å². The van der Waals surface area contributed by atoms with E-state index in [9.17, 15) is 10.5 Å². The largest absolute Gasteiger partial charge is 0.337 e. The molecule has 0 unspecified atom stereocenters. The third kappa shape index (κ3) is 2.81. The SMILES string of the molecule is Cc1csc(-n2c(C)cc(/C=C(\C#N)c3nc4ccccc4[nH]3)c2C)c1C#N. The fourth-order valence-corrected chi connectivity index (χ4v) is 4.48. The zero-order valence-electron chi connectivity index (χ0n) is 15.7. The Bertz CT molecular complexity index is 1280. The Morgan fingerprint density at radius 2 is 2.00 bits per heavy atom. The Kier molecular flexibility index (Phi) is 4.35. The number of para-hydroxylation sites is 2. The van der Waals surface area contributed by atoms with Gasteiger partial charge in [-0.15, -0.1) is 11.3 Å². The molecule has 1 N–H and O–H groups in total. The quantitative estimate of drug-likeness (QED) is 0.489. The number of aryl methyl sites for hydroxylation is 2. The highest BCUT2D eigenvalue weighted by Crippen LogP contribution is 2.31. The van der Waals surface area contributed by atoms with Crippen molar-refractivity contribution in [3.05, 3.63) is 69.6 Å². The molecule has 3 aromatic heterocycles. The normalized spacial score (nSPS) is 11.5. The number of allylic oxidation sites excluding steroid dienone is 1. The zero-order valence-corrected chi connectivity index (χ0v) is 16.6. The van der Waals surface area contributed by atoms with Gasteiger partial charge in [0.15, 0.2) is 0 Å². The maximum atomic E-state index is 9.71. The summed E-state index contributed by atoms with van der Waals surface area (Å²) in [6, 6.07) is 14.3. The van der Waals surface area contributed by atoms with Gasteiger partial charge in [-0.2, -0.15) is 10.5 Å². The number of imidazole rings is 1. The smallest absolute Gasteiger partial charge is 0.149 e. The average Bonchev–Trinajstić information content (AvgIpc) is 3.35. The van der Waals surface area contributed by atoms with Crippen molar-refractivity contribution in [1.82, 2.24) is 14.5 Å². The van der Waals surface area contributed by atoms with Gasteiger partial charge in [0, 0.05) is 11.4 Å². The van der Waals surface area contributed by atoms with E-state index in [2.05, 4.69) is 26.7 Å². The number of fused-ring (bicyclic) bond motifs is 1. The summed E-state index contributed by atoms with van der Waals surface area (Å²) in [5, 5.41) is 22.1. The number of H-pyrrole nitrogens is 1. The summed E-state index contributed by atoms with van der Waals surface area (Å²) in [5.41, 5.74) is 6.81. The van der Waals surface area contributed by atoms with Gasteiger partial charge in [0.1, 0.15) is 23.0 Å². The van der Waals surface area contributed by atoms with Crippen molar-refractivity contribution in [2.45, 2.75) is 20.8 Å². The van der Waals surface area contributed by atoms with Crippen LogP contribution in [0.1, 0.15) is 33.9 Å². The van der Waals surface area contributed by atoms with Crippen LogP contribution in [0.25, 0.3) is 27.7 Å². The number of aromatic nitrogens is 3. The maximum Gasteiger partial charge on any atom is 0.149 e. The van der Waals surface area contributed by atoms with Crippen molar-refractivity contribution in [3.63, 3.8) is 0 Å². The van der Waals surface area contributed by atoms with Gasteiger partial charge >= 0.3 is 0 Å². The number of hydrogen-bond acceptors (Lipinski definition) is 4. The first-order chi connectivity index (χ1) is 13.5. The van der Waals surface area contributed by atoms with E-state index in [1.807, 2.05) is 62.6 Å². The monoisotopic (exact) mass is 383 g/mol. The number of nitrogens with one attached hydrogen (secondary N) is 1. The summed E-state index contributed by atoms with van der Waals surface area (Å²) in [7, 11) is 0. The molecule has 0 amide bonds. The first kappa shape index (κ1) is 17.8. The van der Waals surface area contributed by atoms with E-state index in [-0.39, 0.29) is 0 Å². The molecular weight excluding hydrogens is 366 g/mol. The van der Waals surface area contributed by atoms with Gasteiger partial charge < -0.3 is 9.55 Å². The van der Waals surface area contributed by atoms with E-state index in [1.54, 1.807) is 11.3 Å². The second-order valence-electron chi connectivity index (χ2n) is 6.64. The van der Waals surface area contributed by atoms with E-state index < -0.39 is 0 Å². The summed E-state index contributed by atoms with van der Waals surface area (Å²) in [5.74, 6) is 0.554. The van der Waals surface area contributed by atoms with Crippen molar-refractivity contribution in [2.75, 3.05) is 0 Å². The first-order valence-electron chi connectivity index (χ1n) is 8.78. The van der Waals surface area contributed by atoms with E-state index in [0.29, 0.717) is 17.0 Å². The second kappa shape index (κ2) is 6.84. The molecule has 6 heteroatoms. The highest BCUT2D eigenvalue weighted by Gasteiger charge is 2.17. The third-order valence-corrected chi connectivity index (χ3v) is 5.89. The molecule has 0 radical (unpaired) electrons. The van der Waals surface area contributed by atoms with Crippen LogP contribution in [0.3, 0.4) is 0 Å². The summed E-state index contributed by atoms with van der Waals surface area (Å²) in [6.07, 6.45) is 1.85. The fraction of sp³-hybridized carbons (Fsp3) is 0.136. The average molecular weight is 383 g/mol. The molecule has 0 atom stereocenters. The van der Waals surface area contributed by atoms with Gasteiger partial charge in [0.2, 0.25) is 0 Å². The van der Waals surface area contributed by atoms with Gasteiger partial charge in [-0.05, 0) is 61.6 Å². The molecule has 5 nitrogen and oxygen atoms in total. The topological polar surface area (TPSA) is 81.2 Å². The van der Waals surface area contributed by atoms with Crippen LogP contribution in [0.2, 0.25) is 0 Å². The Hall–Kier alpha value is -3.61. The number of nitrogens with zero attached hydrogens (tertiary/aromatic N) is 4. The molecule has 0 fully saturated rings. The molecule has 0 saturated heterocycles. The van der Waals surface area contributed by atoms with Crippen LogP contribution in [0.4, 0.5) is 0 Å². The summed E-state index contributed by atoms with van der Waals surface area (Å²) in [4.78, 5) is 7.74. The van der Waals surface area contributed by atoms with Crippen molar-refractivity contribution in [1.29, 1.82) is 10.5 Å². The minimum Gasteiger partial charge on any atom is -0.337 e. The third-order valence-electron chi connectivity index (χ3n) is 4.81. The molecule has 4 rings (SSSR count). The van der Waals surface area contributed by atoms with Crippen molar-refractivity contribution in [3.8, 4) is 17.1 Å². The van der Waals surface area contributed by atoms with Crippen molar-refractivity contribution >= 4 is 34.0 Å². The van der Waals surface area contributed by atoms with Crippen molar-refractivity contribution < 1.29 is 0 Å². The van der Waals surface area contributed by atoms with E-state index in [0.717, 1.165) is 38.5 Å². The first-order valence-corrected chi connectivity index (χ1v) is 9.66. The summed E-state index contributed by atoms with van der Waals surface area (Å²) >= 11 is 1.56. The number of hydrogen-bond donors (Lipinski definition) is 1. The lowest BCUT2D eigenvalue weighted by Crippen LogP contribution is -1.99. The summed E-state index contributed by atoms with van der Waals surface area (Å²) < 4.78 is 2.08. The molecule has 0 aliphatic carbocycles. The predicted molar refractivity (Wildman–Crippen MR) is 112 cm³/mol. The Morgan fingerprint density at radius 3 is 2.71 bits per heavy atom. The minimum absolute atomic E-state index is 0.472. The van der Waals surface area contributed by atoms with Crippen LogP contribution in [-0.2, 0) is 0 Å². The molecule has 4 aromatic rings. The molecular formula is C22H17N5S. The van der Waals surface area contributed by atoms with Gasteiger partial charge in [-0.25, -0.2) is 4.98 Å². The molecule has 0 spiro atoms. The van der Waals surface area contributed by atoms with Crippen LogP contribution in [0.5, 0.6) is 0 Å². The van der Waals surface area contributed by atoms with Crippen LogP contribution >= 0.6 is 11.3 Å². The van der Waals surface area contributed by atoms with Crippen molar-refractivity contribution in [2.24, 2.45) is 0 Å². The summed E-state index contributed by atoms with van der Waals surface area (Å²) in [6.45, 7) is 5.96. The zero-order chi connectivity index (χ0) is 19.8. The lowest BCUT2D eigenvalue weighted by atomic mass is 10.1. The van der Waals surface area contributed by atoms with E-state index in [4.69, 9.17) is 0 Å². The lowest BCUT2D eigenvalue weighted by Gasteiger charge is -2.07. The fourth-order valence-electron chi connectivity index (χ4n) is 3.37. The molecule has 0 bridgehead atoms. The second-order valence-corrected chi connectivity index (χ2v) is 7.50. The van der Waals surface area contributed by atoms with Gasteiger partial charge in [0.05, 0.1) is 22.2 Å². The highest BCUT2D eigenvalue weighted by atomic mass is 32.1. The number of nitriles is 2. The van der Waals surface area contributed by atoms with Gasteiger partial charge in [0.25, 0.3) is 0 Å². The van der Waals surface area contributed by atoms with E-state index in [1.165, 1.54) is 0 Å². The molecule has 28 heavy (non-hydrogen) atoms.